The van der Waals surface area contributed by atoms with Crippen LogP contribution in [0, 0.1) is 0 Å². The minimum atomic E-state index is 0.622. The molecule has 0 radical (unpaired) electrons. The molecule has 1 aliphatic rings. The number of aromatic amines is 1. The highest BCUT2D eigenvalue weighted by atomic mass is 32.2. The van der Waals surface area contributed by atoms with Crippen LogP contribution in [-0.4, -0.2) is 49.0 Å². The van der Waals surface area contributed by atoms with Crippen molar-refractivity contribution in [1.29, 1.82) is 0 Å². The fourth-order valence-electron chi connectivity index (χ4n) is 2.58. The summed E-state index contributed by atoms with van der Waals surface area (Å²) in [7, 11) is 4.24. The molecule has 1 fully saturated rings. The number of ether oxygens (including phenoxy) is 1. The van der Waals surface area contributed by atoms with Crippen LogP contribution < -0.4 is 0 Å². The van der Waals surface area contributed by atoms with Crippen molar-refractivity contribution in [3.63, 3.8) is 0 Å². The highest BCUT2D eigenvalue weighted by Gasteiger charge is 2.17. The number of thioether (sulfide) groups is 1. The Morgan fingerprint density at radius 3 is 3.05 bits per heavy atom. The quantitative estimate of drug-likeness (QED) is 0.917. The molecular formula is C16H22N2OS. The zero-order chi connectivity index (χ0) is 13.9. The Bertz CT molecular complexity index is 573. The number of H-pyrrole nitrogens is 1. The lowest BCUT2D eigenvalue weighted by atomic mass is 10.1. The predicted octanol–water partition coefficient (Wildman–Crippen LogP) is 3.15. The first kappa shape index (κ1) is 14.0. The summed E-state index contributed by atoms with van der Waals surface area (Å²) >= 11 is 1.95. The number of nitrogens with one attached hydrogen (secondary N) is 1. The van der Waals surface area contributed by atoms with Gasteiger partial charge in [0, 0.05) is 40.4 Å². The Morgan fingerprint density at radius 1 is 1.40 bits per heavy atom. The first-order chi connectivity index (χ1) is 9.72. The van der Waals surface area contributed by atoms with E-state index in [0.29, 0.717) is 5.25 Å². The molecule has 0 amide bonds. The van der Waals surface area contributed by atoms with Crippen LogP contribution in [0.5, 0.6) is 0 Å². The Balaban J connectivity index is 1.78. The van der Waals surface area contributed by atoms with Gasteiger partial charge in [0.25, 0.3) is 0 Å². The normalized spacial score (nSPS) is 19.2. The summed E-state index contributed by atoms with van der Waals surface area (Å²) < 4.78 is 5.46. The Kier molecular flexibility index (Phi) is 4.34. The molecule has 1 aromatic heterocycles. The molecular weight excluding hydrogens is 268 g/mol. The molecule has 4 heteroatoms. The molecule has 3 rings (SSSR count). The molecule has 20 heavy (non-hydrogen) atoms. The average Bonchev–Trinajstić information content (AvgIpc) is 3.05. The van der Waals surface area contributed by atoms with Crippen LogP contribution in [0.4, 0.5) is 0 Å². The van der Waals surface area contributed by atoms with Crippen LogP contribution in [-0.2, 0) is 11.2 Å². The van der Waals surface area contributed by atoms with Gasteiger partial charge in [0.2, 0.25) is 0 Å². The number of hydrogen-bond acceptors (Lipinski definition) is 3. The third-order valence-electron chi connectivity index (χ3n) is 3.76. The summed E-state index contributed by atoms with van der Waals surface area (Å²) in [5, 5.41) is 1.99. The van der Waals surface area contributed by atoms with Gasteiger partial charge in [0.15, 0.2) is 0 Å². The third kappa shape index (κ3) is 3.19. The van der Waals surface area contributed by atoms with Crippen LogP contribution >= 0.6 is 11.8 Å². The van der Waals surface area contributed by atoms with Crippen molar-refractivity contribution in [1.82, 2.24) is 9.88 Å². The smallest absolute Gasteiger partial charge is 0.0589 e. The van der Waals surface area contributed by atoms with E-state index in [1.807, 2.05) is 11.8 Å². The van der Waals surface area contributed by atoms with Crippen molar-refractivity contribution in [2.24, 2.45) is 0 Å². The number of aromatic nitrogens is 1. The maximum absolute atomic E-state index is 5.46. The Morgan fingerprint density at radius 2 is 2.30 bits per heavy atom. The zero-order valence-electron chi connectivity index (χ0n) is 12.2. The van der Waals surface area contributed by atoms with Gasteiger partial charge in [0.05, 0.1) is 6.61 Å². The summed E-state index contributed by atoms with van der Waals surface area (Å²) in [6.45, 7) is 2.89. The van der Waals surface area contributed by atoms with Crippen LogP contribution in [0.15, 0.2) is 29.3 Å². The second-order valence-electron chi connectivity index (χ2n) is 5.68. The first-order valence-electron chi connectivity index (χ1n) is 7.21. The molecule has 0 spiro atoms. The summed E-state index contributed by atoms with van der Waals surface area (Å²) in [5.41, 5.74) is 2.66. The minimum Gasteiger partial charge on any atom is -0.380 e. The van der Waals surface area contributed by atoms with E-state index in [2.05, 4.69) is 48.4 Å². The van der Waals surface area contributed by atoms with Crippen molar-refractivity contribution < 1.29 is 4.74 Å². The lowest BCUT2D eigenvalue weighted by Crippen LogP contribution is -2.14. The molecule has 1 saturated heterocycles. The molecule has 1 aliphatic heterocycles. The number of likely N-dealkylation sites (N-methyl/N-ethyl adjacent to an activating group) is 1. The molecule has 1 atom stereocenters. The average molecular weight is 290 g/mol. The van der Waals surface area contributed by atoms with Gasteiger partial charge in [-0.2, -0.15) is 0 Å². The second kappa shape index (κ2) is 6.20. The first-order valence-corrected chi connectivity index (χ1v) is 8.09. The summed E-state index contributed by atoms with van der Waals surface area (Å²) in [5.74, 6) is 0. The molecule has 2 heterocycles. The van der Waals surface area contributed by atoms with E-state index < -0.39 is 0 Å². The molecule has 0 unspecified atom stereocenters. The lowest BCUT2D eigenvalue weighted by Gasteiger charge is -2.09. The van der Waals surface area contributed by atoms with Crippen LogP contribution in [0.1, 0.15) is 12.0 Å². The van der Waals surface area contributed by atoms with Gasteiger partial charge in [-0.05, 0) is 50.7 Å². The summed E-state index contributed by atoms with van der Waals surface area (Å²) in [6, 6.07) is 6.75. The molecule has 108 valence electrons. The van der Waals surface area contributed by atoms with Gasteiger partial charge in [-0.25, -0.2) is 0 Å². The fourth-order valence-corrected chi connectivity index (χ4v) is 3.68. The Hall–Kier alpha value is -0.970. The van der Waals surface area contributed by atoms with Gasteiger partial charge in [-0.15, -0.1) is 11.8 Å². The molecule has 1 N–H and O–H groups in total. The summed E-state index contributed by atoms with van der Waals surface area (Å²) in [6.07, 6.45) is 4.41. The number of rotatable bonds is 5. The van der Waals surface area contributed by atoms with E-state index in [9.17, 15) is 0 Å². The number of fused-ring (bicyclic) bond motifs is 1. The standard InChI is InChI=1S/C16H22N2OS/c1-18(2)7-5-12-10-17-16-4-3-13(9-15(12)16)20-14-6-8-19-11-14/h3-4,9-10,14,17H,5-8,11H2,1-2H3/t14-/m1/s1. The largest absolute Gasteiger partial charge is 0.380 e. The number of nitrogens with zero attached hydrogens (tertiary/aromatic N) is 1. The van der Waals surface area contributed by atoms with E-state index in [4.69, 9.17) is 4.74 Å². The van der Waals surface area contributed by atoms with Gasteiger partial charge in [-0.1, -0.05) is 0 Å². The second-order valence-corrected chi connectivity index (χ2v) is 7.05. The molecule has 0 saturated carbocycles. The highest BCUT2D eigenvalue weighted by molar-refractivity contribution is 8.00. The zero-order valence-corrected chi connectivity index (χ0v) is 13.0. The number of hydrogen-bond donors (Lipinski definition) is 1. The van der Waals surface area contributed by atoms with Crippen molar-refractivity contribution in [3.8, 4) is 0 Å². The lowest BCUT2D eigenvalue weighted by molar-refractivity contribution is 0.199. The fraction of sp³-hybridized carbons (Fsp3) is 0.500. The molecule has 2 aromatic rings. The summed E-state index contributed by atoms with van der Waals surface area (Å²) in [4.78, 5) is 6.97. The van der Waals surface area contributed by atoms with E-state index in [1.54, 1.807) is 0 Å². The van der Waals surface area contributed by atoms with Crippen molar-refractivity contribution in [2.45, 2.75) is 23.0 Å². The van der Waals surface area contributed by atoms with Crippen LogP contribution in [0.3, 0.4) is 0 Å². The third-order valence-corrected chi connectivity index (χ3v) is 4.99. The molecule has 3 nitrogen and oxygen atoms in total. The van der Waals surface area contributed by atoms with Gasteiger partial charge in [0.1, 0.15) is 0 Å². The molecule has 1 aromatic carbocycles. The topological polar surface area (TPSA) is 28.3 Å². The van der Waals surface area contributed by atoms with E-state index in [0.717, 1.165) is 26.2 Å². The monoisotopic (exact) mass is 290 g/mol. The van der Waals surface area contributed by atoms with E-state index >= 15 is 0 Å². The van der Waals surface area contributed by atoms with E-state index in [-0.39, 0.29) is 0 Å². The van der Waals surface area contributed by atoms with Crippen LogP contribution in [0.25, 0.3) is 10.9 Å². The van der Waals surface area contributed by atoms with Gasteiger partial charge >= 0.3 is 0 Å². The highest BCUT2D eigenvalue weighted by Crippen LogP contribution is 2.31. The molecule has 0 aliphatic carbocycles. The maximum atomic E-state index is 5.46. The predicted molar refractivity (Wildman–Crippen MR) is 85.6 cm³/mol. The van der Waals surface area contributed by atoms with Crippen molar-refractivity contribution in [3.05, 3.63) is 30.0 Å². The number of benzene rings is 1. The van der Waals surface area contributed by atoms with Gasteiger partial charge in [-0.3, -0.25) is 0 Å². The van der Waals surface area contributed by atoms with Gasteiger partial charge < -0.3 is 14.6 Å². The van der Waals surface area contributed by atoms with E-state index in [1.165, 1.54) is 27.8 Å². The SMILES string of the molecule is CN(C)CCc1c[nH]c2ccc(S[C@@H]3CCOC3)cc12. The van der Waals surface area contributed by atoms with Crippen molar-refractivity contribution in [2.75, 3.05) is 33.9 Å². The van der Waals surface area contributed by atoms with Crippen LogP contribution in [0.2, 0.25) is 0 Å². The molecule has 0 bridgehead atoms. The van der Waals surface area contributed by atoms with Crippen molar-refractivity contribution >= 4 is 22.7 Å². The minimum absolute atomic E-state index is 0.622. The Labute approximate surface area is 124 Å². The maximum Gasteiger partial charge on any atom is 0.0589 e.